The highest BCUT2D eigenvalue weighted by atomic mass is 15.2. The largest absolute Gasteiger partial charge is 0.363 e. The molecule has 2 rings (SSSR count). The molecule has 5 nitrogen and oxygen atoms in total. The molecular weight excluding hydrogens is 298 g/mol. The minimum atomic E-state index is 0.707. The third-order valence-electron chi connectivity index (χ3n) is 3.90. The first kappa shape index (κ1) is 17.8. The Bertz CT molecular complexity index is 679. The molecule has 1 heterocycles. The molecule has 5 heteroatoms. The third kappa shape index (κ3) is 4.98. The summed E-state index contributed by atoms with van der Waals surface area (Å²) in [6.07, 6.45) is 2.87. The van der Waals surface area contributed by atoms with Gasteiger partial charge in [-0.3, -0.25) is 4.99 Å². The number of aromatic nitrogens is 1. The van der Waals surface area contributed by atoms with Crippen molar-refractivity contribution < 1.29 is 0 Å². The second kappa shape index (κ2) is 8.91. The molecule has 0 saturated carbocycles. The summed E-state index contributed by atoms with van der Waals surface area (Å²) in [5.41, 5.74) is 3.84. The Morgan fingerprint density at radius 1 is 1.08 bits per heavy atom. The highest BCUT2D eigenvalue weighted by Crippen LogP contribution is 2.10. The normalized spacial score (nSPS) is 11.2. The number of rotatable bonds is 6. The summed E-state index contributed by atoms with van der Waals surface area (Å²) >= 11 is 0. The van der Waals surface area contributed by atoms with Crippen LogP contribution < -0.4 is 15.5 Å². The Morgan fingerprint density at radius 2 is 1.79 bits per heavy atom. The van der Waals surface area contributed by atoms with Crippen molar-refractivity contribution in [2.24, 2.45) is 4.99 Å². The van der Waals surface area contributed by atoms with Crippen molar-refractivity contribution in [3.05, 3.63) is 59.3 Å². The van der Waals surface area contributed by atoms with Gasteiger partial charge < -0.3 is 15.5 Å². The van der Waals surface area contributed by atoms with Crippen LogP contribution in [0, 0.1) is 0 Å². The number of benzene rings is 1. The van der Waals surface area contributed by atoms with Gasteiger partial charge in [0.2, 0.25) is 0 Å². The molecule has 2 aromatic rings. The maximum Gasteiger partial charge on any atom is 0.191 e. The maximum atomic E-state index is 4.33. The summed E-state index contributed by atoms with van der Waals surface area (Å²) in [6, 6.07) is 12.6. The van der Waals surface area contributed by atoms with Gasteiger partial charge in [-0.15, -0.1) is 0 Å². The van der Waals surface area contributed by atoms with E-state index in [4.69, 9.17) is 0 Å². The summed E-state index contributed by atoms with van der Waals surface area (Å²) in [5.74, 6) is 1.75. The van der Waals surface area contributed by atoms with Crippen LogP contribution in [-0.2, 0) is 19.5 Å². The Balaban J connectivity index is 1.92. The van der Waals surface area contributed by atoms with Crippen LogP contribution in [0.3, 0.4) is 0 Å². The topological polar surface area (TPSA) is 52.6 Å². The molecule has 0 amide bonds. The second-order valence-corrected chi connectivity index (χ2v) is 5.82. The number of guanidine groups is 1. The molecule has 0 saturated heterocycles. The van der Waals surface area contributed by atoms with E-state index in [1.807, 2.05) is 31.3 Å². The highest BCUT2D eigenvalue weighted by molar-refractivity contribution is 5.79. The Labute approximate surface area is 144 Å². The fourth-order valence-corrected chi connectivity index (χ4v) is 2.48. The molecule has 0 aliphatic heterocycles. The molecule has 24 heavy (non-hydrogen) atoms. The molecule has 1 aromatic carbocycles. The zero-order valence-corrected chi connectivity index (χ0v) is 15.0. The molecular formula is C19H27N5. The monoisotopic (exact) mass is 325 g/mol. The number of hydrogen-bond donors (Lipinski definition) is 2. The van der Waals surface area contributed by atoms with Crippen LogP contribution in [0.4, 0.5) is 5.82 Å². The minimum absolute atomic E-state index is 0.707. The van der Waals surface area contributed by atoms with Crippen LogP contribution >= 0.6 is 0 Å². The van der Waals surface area contributed by atoms with E-state index in [0.29, 0.717) is 6.54 Å². The summed E-state index contributed by atoms with van der Waals surface area (Å²) in [5, 5.41) is 6.73. The predicted octanol–water partition coefficient (Wildman–Crippen LogP) is 2.58. The van der Waals surface area contributed by atoms with E-state index in [2.05, 4.69) is 57.9 Å². The number of nitrogens with zero attached hydrogens (tertiary/aromatic N) is 3. The van der Waals surface area contributed by atoms with E-state index >= 15 is 0 Å². The lowest BCUT2D eigenvalue weighted by molar-refractivity contribution is 0.801. The highest BCUT2D eigenvalue weighted by Gasteiger charge is 2.03. The van der Waals surface area contributed by atoms with Crippen LogP contribution in [0.25, 0.3) is 0 Å². The summed E-state index contributed by atoms with van der Waals surface area (Å²) in [6.45, 7) is 3.65. The molecule has 0 atom stereocenters. The number of aliphatic imine (C=N–C) groups is 1. The van der Waals surface area contributed by atoms with Crippen LogP contribution in [-0.4, -0.2) is 32.1 Å². The van der Waals surface area contributed by atoms with Crippen molar-refractivity contribution in [2.45, 2.75) is 26.4 Å². The first-order valence-electron chi connectivity index (χ1n) is 8.27. The number of aryl methyl sites for hydroxylation is 1. The van der Waals surface area contributed by atoms with E-state index in [9.17, 15) is 0 Å². The van der Waals surface area contributed by atoms with Gasteiger partial charge in [0.25, 0.3) is 0 Å². The first-order chi connectivity index (χ1) is 11.6. The molecule has 0 radical (unpaired) electrons. The van der Waals surface area contributed by atoms with E-state index in [1.165, 1.54) is 16.7 Å². The third-order valence-corrected chi connectivity index (χ3v) is 3.90. The van der Waals surface area contributed by atoms with Gasteiger partial charge in [-0.2, -0.15) is 0 Å². The summed E-state index contributed by atoms with van der Waals surface area (Å²) in [7, 11) is 5.77. The minimum Gasteiger partial charge on any atom is -0.363 e. The van der Waals surface area contributed by atoms with Gasteiger partial charge in [0.1, 0.15) is 5.82 Å². The van der Waals surface area contributed by atoms with Gasteiger partial charge in [-0.25, -0.2) is 4.98 Å². The number of nitrogens with one attached hydrogen (secondary N) is 2. The van der Waals surface area contributed by atoms with Crippen molar-refractivity contribution >= 4 is 11.8 Å². The maximum absolute atomic E-state index is 4.33. The molecule has 0 aliphatic rings. The van der Waals surface area contributed by atoms with E-state index in [1.54, 1.807) is 7.05 Å². The molecule has 0 spiro atoms. The smallest absolute Gasteiger partial charge is 0.191 e. The SMILES string of the molecule is CCc1ccccc1CNC(=NC)NCc1ccnc(N(C)C)c1. The number of hydrogen-bond acceptors (Lipinski definition) is 3. The molecule has 0 bridgehead atoms. The fourth-order valence-electron chi connectivity index (χ4n) is 2.48. The standard InChI is InChI=1S/C19H27N5/c1-5-16-8-6-7-9-17(16)14-23-19(20-2)22-13-15-10-11-21-18(12-15)24(3)4/h6-12H,5,13-14H2,1-4H3,(H2,20,22,23). The molecule has 2 N–H and O–H groups in total. The average Bonchev–Trinajstić information content (AvgIpc) is 2.62. The van der Waals surface area contributed by atoms with Crippen molar-refractivity contribution in [3.63, 3.8) is 0 Å². The van der Waals surface area contributed by atoms with Crippen LogP contribution in [0.1, 0.15) is 23.6 Å². The molecule has 0 aliphatic carbocycles. The van der Waals surface area contributed by atoms with E-state index < -0.39 is 0 Å². The predicted molar refractivity (Wildman–Crippen MR) is 101 cm³/mol. The quantitative estimate of drug-likeness (QED) is 0.633. The Hall–Kier alpha value is -2.56. The van der Waals surface area contributed by atoms with Gasteiger partial charge in [-0.1, -0.05) is 31.2 Å². The summed E-state index contributed by atoms with van der Waals surface area (Å²) < 4.78 is 0. The average molecular weight is 325 g/mol. The first-order valence-corrected chi connectivity index (χ1v) is 8.27. The van der Waals surface area contributed by atoms with Crippen molar-refractivity contribution in [1.29, 1.82) is 0 Å². The molecule has 1 aromatic heterocycles. The van der Waals surface area contributed by atoms with Gasteiger partial charge >= 0.3 is 0 Å². The van der Waals surface area contributed by atoms with Crippen LogP contribution in [0.15, 0.2) is 47.6 Å². The van der Waals surface area contributed by atoms with Gasteiger partial charge in [0.15, 0.2) is 5.96 Å². The van der Waals surface area contributed by atoms with E-state index in [-0.39, 0.29) is 0 Å². The van der Waals surface area contributed by atoms with E-state index in [0.717, 1.165) is 24.7 Å². The van der Waals surface area contributed by atoms with Crippen LogP contribution in [0.2, 0.25) is 0 Å². The van der Waals surface area contributed by atoms with Crippen molar-refractivity contribution in [2.75, 3.05) is 26.0 Å². The zero-order chi connectivity index (χ0) is 17.4. The number of pyridine rings is 1. The lowest BCUT2D eigenvalue weighted by Gasteiger charge is -2.15. The van der Waals surface area contributed by atoms with Crippen molar-refractivity contribution in [1.82, 2.24) is 15.6 Å². The van der Waals surface area contributed by atoms with Crippen LogP contribution in [0.5, 0.6) is 0 Å². The second-order valence-electron chi connectivity index (χ2n) is 5.82. The number of anilines is 1. The molecule has 0 unspecified atom stereocenters. The lowest BCUT2D eigenvalue weighted by atomic mass is 10.1. The Morgan fingerprint density at radius 3 is 2.46 bits per heavy atom. The Kier molecular flexibility index (Phi) is 6.61. The lowest BCUT2D eigenvalue weighted by Crippen LogP contribution is -2.36. The van der Waals surface area contributed by atoms with Gasteiger partial charge in [0, 0.05) is 40.4 Å². The van der Waals surface area contributed by atoms with Gasteiger partial charge in [-0.05, 0) is 35.2 Å². The molecule has 128 valence electrons. The fraction of sp³-hybridized carbons (Fsp3) is 0.368. The zero-order valence-electron chi connectivity index (χ0n) is 15.0. The molecule has 0 fully saturated rings. The summed E-state index contributed by atoms with van der Waals surface area (Å²) in [4.78, 5) is 10.6. The van der Waals surface area contributed by atoms with Crippen molar-refractivity contribution in [3.8, 4) is 0 Å². The van der Waals surface area contributed by atoms with Gasteiger partial charge in [0.05, 0.1) is 0 Å².